The summed E-state index contributed by atoms with van der Waals surface area (Å²) in [5, 5.41) is 7.16. The lowest BCUT2D eigenvalue weighted by Crippen LogP contribution is -2.39. The van der Waals surface area contributed by atoms with Crippen LogP contribution >= 0.6 is 35.7 Å². The van der Waals surface area contributed by atoms with Gasteiger partial charge >= 0.3 is 0 Å². The Bertz CT molecular complexity index is 440. The first-order valence-electron chi connectivity index (χ1n) is 8.07. The predicted octanol–water partition coefficient (Wildman–Crippen LogP) is 1.73. The highest BCUT2D eigenvalue weighted by atomic mass is 127. The van der Waals surface area contributed by atoms with Gasteiger partial charge in [0.05, 0.1) is 12.3 Å². The first kappa shape index (κ1) is 23.3. The Hall–Kier alpha value is 0.260. The fourth-order valence-electron chi connectivity index (χ4n) is 2.19. The van der Waals surface area contributed by atoms with Gasteiger partial charge in [0.25, 0.3) is 0 Å². The summed E-state index contributed by atoms with van der Waals surface area (Å²) in [7, 11) is -1.44. The van der Waals surface area contributed by atoms with E-state index in [9.17, 15) is 8.42 Å². The number of nitrogens with one attached hydrogen (secondary N) is 2. The van der Waals surface area contributed by atoms with Gasteiger partial charge in [-0.3, -0.25) is 4.99 Å². The molecule has 1 aliphatic rings. The molecule has 138 valence electrons. The molecule has 1 atom stereocenters. The minimum absolute atomic E-state index is 0. The van der Waals surface area contributed by atoms with Crippen molar-refractivity contribution in [2.75, 3.05) is 44.7 Å². The summed E-state index contributed by atoms with van der Waals surface area (Å²) in [4.78, 5) is 4.62. The molecule has 1 fully saturated rings. The Balaban J connectivity index is 0.00000484. The van der Waals surface area contributed by atoms with Crippen LogP contribution in [0.1, 0.15) is 33.1 Å². The smallest absolute Gasteiger partial charge is 0.213 e. The molecule has 6 nitrogen and oxygen atoms in total. The molecule has 1 saturated heterocycles. The third kappa shape index (κ3) is 9.35. The molecule has 0 bridgehead atoms. The van der Waals surface area contributed by atoms with Gasteiger partial charge in [0, 0.05) is 31.9 Å². The number of nitrogens with zero attached hydrogens (tertiary/aromatic N) is 2. The lowest BCUT2D eigenvalue weighted by atomic mass is 10.2. The molecule has 1 heterocycles. The van der Waals surface area contributed by atoms with Gasteiger partial charge < -0.3 is 10.6 Å². The van der Waals surface area contributed by atoms with E-state index < -0.39 is 10.0 Å². The molecule has 0 aliphatic carbocycles. The SMILES string of the molecule is CCNC(=NCC1CCCS1)NCCCN(C)S(=O)(=O)CC.I. The highest BCUT2D eigenvalue weighted by molar-refractivity contribution is 14.0. The summed E-state index contributed by atoms with van der Waals surface area (Å²) >= 11 is 2.00. The van der Waals surface area contributed by atoms with Crippen molar-refractivity contribution in [3.8, 4) is 0 Å². The van der Waals surface area contributed by atoms with Crippen molar-refractivity contribution in [3.05, 3.63) is 0 Å². The van der Waals surface area contributed by atoms with E-state index in [1.165, 1.54) is 22.9 Å². The number of rotatable bonds is 9. The van der Waals surface area contributed by atoms with Crippen LogP contribution in [0.25, 0.3) is 0 Å². The van der Waals surface area contributed by atoms with Gasteiger partial charge in [0.2, 0.25) is 10.0 Å². The monoisotopic (exact) mass is 478 g/mol. The zero-order valence-electron chi connectivity index (χ0n) is 14.4. The lowest BCUT2D eigenvalue weighted by molar-refractivity contribution is 0.461. The van der Waals surface area contributed by atoms with E-state index in [0.717, 1.165) is 25.5 Å². The molecule has 23 heavy (non-hydrogen) atoms. The fraction of sp³-hybridized carbons (Fsp3) is 0.929. The van der Waals surface area contributed by atoms with Crippen LogP contribution in [0.15, 0.2) is 4.99 Å². The summed E-state index contributed by atoms with van der Waals surface area (Å²) in [6.45, 7) is 6.64. The van der Waals surface area contributed by atoms with E-state index in [2.05, 4.69) is 15.6 Å². The second-order valence-electron chi connectivity index (χ2n) is 5.36. The third-order valence-corrected chi connectivity index (χ3v) is 6.85. The largest absolute Gasteiger partial charge is 0.357 e. The Morgan fingerprint density at radius 1 is 1.35 bits per heavy atom. The molecule has 0 spiro atoms. The van der Waals surface area contributed by atoms with E-state index in [-0.39, 0.29) is 29.7 Å². The maximum atomic E-state index is 11.6. The fourth-order valence-corrected chi connectivity index (χ4v) is 4.22. The summed E-state index contributed by atoms with van der Waals surface area (Å²) in [5.74, 6) is 2.23. The van der Waals surface area contributed by atoms with Crippen molar-refractivity contribution in [3.63, 3.8) is 0 Å². The molecule has 1 rings (SSSR count). The number of halogens is 1. The molecule has 0 radical (unpaired) electrons. The second kappa shape index (κ2) is 12.6. The Kier molecular flexibility index (Phi) is 12.7. The molecule has 0 aromatic carbocycles. The average molecular weight is 478 g/mol. The van der Waals surface area contributed by atoms with Crippen LogP contribution in [0, 0.1) is 0 Å². The van der Waals surface area contributed by atoms with Crippen molar-refractivity contribution in [2.24, 2.45) is 4.99 Å². The Morgan fingerprint density at radius 3 is 2.65 bits per heavy atom. The number of guanidine groups is 1. The van der Waals surface area contributed by atoms with Crippen LogP contribution in [-0.2, 0) is 10.0 Å². The van der Waals surface area contributed by atoms with Crippen molar-refractivity contribution < 1.29 is 8.42 Å². The number of hydrogen-bond acceptors (Lipinski definition) is 4. The van der Waals surface area contributed by atoms with Gasteiger partial charge in [-0.15, -0.1) is 24.0 Å². The second-order valence-corrected chi connectivity index (χ2v) is 9.13. The lowest BCUT2D eigenvalue weighted by Gasteiger charge is -2.17. The van der Waals surface area contributed by atoms with Gasteiger partial charge in [-0.2, -0.15) is 11.8 Å². The minimum atomic E-state index is -3.07. The Labute approximate surface area is 162 Å². The predicted molar refractivity (Wildman–Crippen MR) is 112 cm³/mol. The quantitative estimate of drug-likeness (QED) is 0.229. The highest BCUT2D eigenvalue weighted by Crippen LogP contribution is 2.25. The number of thioether (sulfide) groups is 1. The summed E-state index contributed by atoms with van der Waals surface area (Å²) in [5.41, 5.74) is 0. The third-order valence-electron chi connectivity index (χ3n) is 3.60. The van der Waals surface area contributed by atoms with Crippen LogP contribution in [0.3, 0.4) is 0 Å². The molecular formula is C14H31IN4O2S2. The molecule has 1 aliphatic heterocycles. The van der Waals surface area contributed by atoms with E-state index in [1.807, 2.05) is 18.7 Å². The van der Waals surface area contributed by atoms with Crippen molar-refractivity contribution in [2.45, 2.75) is 38.4 Å². The van der Waals surface area contributed by atoms with Gasteiger partial charge in [0.1, 0.15) is 0 Å². The molecular weight excluding hydrogens is 447 g/mol. The van der Waals surface area contributed by atoms with Crippen LogP contribution < -0.4 is 10.6 Å². The van der Waals surface area contributed by atoms with Gasteiger partial charge in [-0.05, 0) is 38.9 Å². The van der Waals surface area contributed by atoms with Crippen molar-refractivity contribution in [1.29, 1.82) is 0 Å². The Morgan fingerprint density at radius 2 is 2.09 bits per heavy atom. The maximum Gasteiger partial charge on any atom is 0.213 e. The van der Waals surface area contributed by atoms with E-state index >= 15 is 0 Å². The van der Waals surface area contributed by atoms with E-state index in [1.54, 1.807) is 14.0 Å². The summed E-state index contributed by atoms with van der Waals surface area (Å²) in [6.07, 6.45) is 3.32. The van der Waals surface area contributed by atoms with Crippen LogP contribution in [0.2, 0.25) is 0 Å². The van der Waals surface area contributed by atoms with Gasteiger partial charge in [-0.25, -0.2) is 12.7 Å². The number of sulfonamides is 1. The zero-order chi connectivity index (χ0) is 16.4. The molecule has 0 amide bonds. The number of aliphatic imine (C=N–C) groups is 1. The summed E-state index contributed by atoms with van der Waals surface area (Å²) < 4.78 is 24.7. The molecule has 9 heteroatoms. The standard InChI is InChI=1S/C14H30N4O2S2.HI/c1-4-15-14(17-12-13-8-6-11-21-13)16-9-7-10-18(3)22(19,20)5-2;/h13H,4-12H2,1-3H3,(H2,15,16,17);1H. The normalized spacial score (nSPS) is 18.8. The molecule has 0 aromatic rings. The summed E-state index contributed by atoms with van der Waals surface area (Å²) in [6, 6.07) is 0. The van der Waals surface area contributed by atoms with Crippen LogP contribution in [-0.4, -0.2) is 68.7 Å². The van der Waals surface area contributed by atoms with Crippen molar-refractivity contribution in [1.82, 2.24) is 14.9 Å². The highest BCUT2D eigenvalue weighted by Gasteiger charge is 2.15. The van der Waals surface area contributed by atoms with E-state index in [4.69, 9.17) is 0 Å². The first-order chi connectivity index (χ1) is 10.5. The molecule has 0 aromatic heterocycles. The van der Waals surface area contributed by atoms with Gasteiger partial charge in [-0.1, -0.05) is 0 Å². The molecule has 1 unspecified atom stereocenters. The number of hydrogen-bond donors (Lipinski definition) is 2. The minimum Gasteiger partial charge on any atom is -0.357 e. The first-order valence-corrected chi connectivity index (χ1v) is 10.7. The van der Waals surface area contributed by atoms with Crippen LogP contribution in [0.5, 0.6) is 0 Å². The molecule has 0 saturated carbocycles. The van der Waals surface area contributed by atoms with E-state index in [0.29, 0.717) is 18.3 Å². The van der Waals surface area contributed by atoms with Crippen molar-refractivity contribution >= 4 is 51.7 Å². The van der Waals surface area contributed by atoms with Crippen LogP contribution in [0.4, 0.5) is 0 Å². The maximum absolute atomic E-state index is 11.6. The average Bonchev–Trinajstić information content (AvgIpc) is 3.02. The van der Waals surface area contributed by atoms with Gasteiger partial charge in [0.15, 0.2) is 5.96 Å². The molecule has 2 N–H and O–H groups in total. The topological polar surface area (TPSA) is 73.8 Å². The zero-order valence-corrected chi connectivity index (χ0v) is 18.3.